The summed E-state index contributed by atoms with van der Waals surface area (Å²) in [6, 6.07) is 6.12. The molecule has 2 rings (SSSR count). The fourth-order valence-electron chi connectivity index (χ4n) is 2.52. The van der Waals surface area contributed by atoms with Gasteiger partial charge in [-0.15, -0.1) is 0 Å². The van der Waals surface area contributed by atoms with E-state index in [1.54, 1.807) is 12.1 Å². The van der Waals surface area contributed by atoms with E-state index >= 15 is 0 Å². The lowest BCUT2D eigenvalue weighted by Gasteiger charge is -2.20. The van der Waals surface area contributed by atoms with Gasteiger partial charge in [-0.2, -0.15) is 0 Å². The zero-order valence-corrected chi connectivity index (χ0v) is 15.8. The minimum atomic E-state index is -0.276. The number of rotatable bonds is 9. The van der Waals surface area contributed by atoms with Gasteiger partial charge in [-0.05, 0) is 51.5 Å². The summed E-state index contributed by atoms with van der Waals surface area (Å²) in [5.41, 5.74) is 0. The van der Waals surface area contributed by atoms with Crippen LogP contribution in [0.25, 0.3) is 0 Å². The quantitative estimate of drug-likeness (QED) is 0.518. The minimum Gasteiger partial charge on any atom is -0.489 e. The summed E-state index contributed by atoms with van der Waals surface area (Å²) in [7, 11) is 0. The summed E-state index contributed by atoms with van der Waals surface area (Å²) in [5.74, 6) is 1.08. The topological polar surface area (TPSA) is 64.1 Å². The molecule has 146 valence electrons. The number of nitrogens with one attached hydrogen (secondary N) is 2. The molecule has 0 bridgehead atoms. The van der Waals surface area contributed by atoms with E-state index in [1.807, 2.05) is 13.8 Å². The van der Waals surface area contributed by atoms with Gasteiger partial charge in [0, 0.05) is 19.2 Å². The van der Waals surface area contributed by atoms with E-state index < -0.39 is 0 Å². The van der Waals surface area contributed by atoms with Gasteiger partial charge in [0.05, 0.1) is 25.9 Å². The summed E-state index contributed by atoms with van der Waals surface area (Å²) >= 11 is 0. The molecule has 0 saturated carbocycles. The molecule has 0 aliphatic carbocycles. The number of nitrogens with zero attached hydrogens (tertiary/aromatic N) is 1. The van der Waals surface area contributed by atoms with E-state index in [1.165, 1.54) is 12.1 Å². The van der Waals surface area contributed by atoms with E-state index in [0.717, 1.165) is 25.5 Å². The van der Waals surface area contributed by atoms with Crippen molar-refractivity contribution in [1.29, 1.82) is 0 Å². The van der Waals surface area contributed by atoms with Gasteiger partial charge in [-0.1, -0.05) is 0 Å². The number of hydrogen-bond donors (Lipinski definition) is 2. The highest BCUT2D eigenvalue weighted by molar-refractivity contribution is 5.80. The Morgan fingerprint density at radius 1 is 1.35 bits per heavy atom. The zero-order valence-electron chi connectivity index (χ0n) is 15.8. The molecule has 2 N–H and O–H groups in total. The Labute approximate surface area is 155 Å². The Balaban J connectivity index is 1.77. The van der Waals surface area contributed by atoms with Gasteiger partial charge in [-0.3, -0.25) is 0 Å². The molecular weight excluding hydrogens is 337 g/mol. The summed E-state index contributed by atoms with van der Waals surface area (Å²) < 4.78 is 29.8. The van der Waals surface area contributed by atoms with Crippen molar-refractivity contribution in [3.05, 3.63) is 30.1 Å². The van der Waals surface area contributed by atoms with Crippen molar-refractivity contribution in [3.8, 4) is 5.75 Å². The SMILES string of the molecule is CCNC(=NCC(C)Oc1ccc(F)cc1)NC(C)COC1CCOC1. The fraction of sp³-hybridized carbons (Fsp3) is 0.632. The molecule has 0 aromatic heterocycles. The van der Waals surface area contributed by atoms with E-state index in [4.69, 9.17) is 14.2 Å². The third-order valence-electron chi connectivity index (χ3n) is 3.85. The van der Waals surface area contributed by atoms with Gasteiger partial charge < -0.3 is 24.8 Å². The van der Waals surface area contributed by atoms with Gasteiger partial charge >= 0.3 is 0 Å². The summed E-state index contributed by atoms with van der Waals surface area (Å²) in [6.07, 6.45) is 1.03. The molecule has 7 heteroatoms. The lowest BCUT2D eigenvalue weighted by molar-refractivity contribution is 0.0347. The van der Waals surface area contributed by atoms with Gasteiger partial charge in [0.1, 0.15) is 17.7 Å². The molecule has 1 fully saturated rings. The molecule has 1 aromatic carbocycles. The molecule has 1 saturated heterocycles. The molecule has 1 aliphatic rings. The van der Waals surface area contributed by atoms with Crippen LogP contribution >= 0.6 is 0 Å². The van der Waals surface area contributed by atoms with Crippen LogP contribution in [0.15, 0.2) is 29.3 Å². The van der Waals surface area contributed by atoms with E-state index in [-0.39, 0.29) is 24.1 Å². The second-order valence-corrected chi connectivity index (χ2v) is 6.47. The third kappa shape index (κ3) is 7.58. The predicted octanol–water partition coefficient (Wildman–Crippen LogP) is 2.34. The van der Waals surface area contributed by atoms with Crippen molar-refractivity contribution in [2.45, 2.75) is 45.4 Å². The lowest BCUT2D eigenvalue weighted by Crippen LogP contribution is -2.45. The van der Waals surface area contributed by atoms with Crippen LogP contribution in [0.4, 0.5) is 4.39 Å². The van der Waals surface area contributed by atoms with Crippen molar-refractivity contribution in [2.24, 2.45) is 4.99 Å². The van der Waals surface area contributed by atoms with Gasteiger partial charge in [0.25, 0.3) is 0 Å². The van der Waals surface area contributed by atoms with Gasteiger partial charge in [0.2, 0.25) is 0 Å². The molecule has 0 amide bonds. The summed E-state index contributed by atoms with van der Waals surface area (Å²) in [6.45, 7) is 9.32. The Morgan fingerprint density at radius 3 is 2.77 bits per heavy atom. The molecule has 0 radical (unpaired) electrons. The van der Waals surface area contributed by atoms with E-state index in [2.05, 4.69) is 22.5 Å². The standard InChI is InChI=1S/C19H30FN3O3/c1-4-21-19(23-14(2)12-25-18-9-10-24-13-18)22-11-15(3)26-17-7-5-16(20)6-8-17/h5-8,14-15,18H,4,9-13H2,1-3H3,(H2,21,22,23). The van der Waals surface area contributed by atoms with Crippen molar-refractivity contribution in [2.75, 3.05) is 32.9 Å². The largest absolute Gasteiger partial charge is 0.489 e. The maximum Gasteiger partial charge on any atom is 0.191 e. The second kappa shape index (κ2) is 11.0. The molecular formula is C19H30FN3O3. The maximum atomic E-state index is 12.9. The number of benzene rings is 1. The summed E-state index contributed by atoms with van der Waals surface area (Å²) in [4.78, 5) is 4.56. The van der Waals surface area contributed by atoms with Crippen molar-refractivity contribution in [3.63, 3.8) is 0 Å². The molecule has 3 unspecified atom stereocenters. The minimum absolute atomic E-state index is 0.127. The maximum absolute atomic E-state index is 12.9. The van der Waals surface area contributed by atoms with Crippen molar-refractivity contribution >= 4 is 5.96 Å². The molecule has 0 spiro atoms. The van der Waals surface area contributed by atoms with Crippen LogP contribution in [-0.4, -0.2) is 57.1 Å². The van der Waals surface area contributed by atoms with Crippen LogP contribution < -0.4 is 15.4 Å². The first-order chi connectivity index (χ1) is 12.6. The van der Waals surface area contributed by atoms with Gasteiger partial charge in [-0.25, -0.2) is 9.38 Å². The van der Waals surface area contributed by atoms with Crippen LogP contribution in [0.5, 0.6) is 5.75 Å². The number of ether oxygens (including phenoxy) is 3. The molecule has 1 aliphatic heterocycles. The Morgan fingerprint density at radius 2 is 2.12 bits per heavy atom. The Hall–Kier alpha value is -1.86. The molecule has 6 nitrogen and oxygen atoms in total. The van der Waals surface area contributed by atoms with Crippen LogP contribution in [0, 0.1) is 5.82 Å². The first kappa shape index (κ1) is 20.5. The lowest BCUT2D eigenvalue weighted by atomic mass is 10.3. The average molecular weight is 367 g/mol. The molecule has 3 atom stereocenters. The molecule has 1 heterocycles. The number of halogens is 1. The van der Waals surface area contributed by atoms with Crippen molar-refractivity contribution < 1.29 is 18.6 Å². The van der Waals surface area contributed by atoms with E-state index in [9.17, 15) is 4.39 Å². The highest BCUT2D eigenvalue weighted by atomic mass is 19.1. The van der Waals surface area contributed by atoms with Crippen LogP contribution in [0.2, 0.25) is 0 Å². The van der Waals surface area contributed by atoms with E-state index in [0.29, 0.717) is 25.5 Å². The van der Waals surface area contributed by atoms with Crippen LogP contribution in [0.1, 0.15) is 27.2 Å². The van der Waals surface area contributed by atoms with Crippen LogP contribution in [0.3, 0.4) is 0 Å². The normalized spacial score (nSPS) is 19.8. The van der Waals surface area contributed by atoms with Gasteiger partial charge in [0.15, 0.2) is 5.96 Å². The highest BCUT2D eigenvalue weighted by Crippen LogP contribution is 2.13. The third-order valence-corrected chi connectivity index (χ3v) is 3.85. The smallest absolute Gasteiger partial charge is 0.191 e. The predicted molar refractivity (Wildman–Crippen MR) is 100 cm³/mol. The molecule has 1 aromatic rings. The van der Waals surface area contributed by atoms with Crippen LogP contribution in [-0.2, 0) is 9.47 Å². The first-order valence-corrected chi connectivity index (χ1v) is 9.23. The number of hydrogen-bond acceptors (Lipinski definition) is 4. The molecule has 26 heavy (non-hydrogen) atoms. The van der Waals surface area contributed by atoms with Crippen molar-refractivity contribution in [1.82, 2.24) is 10.6 Å². The Kier molecular flexibility index (Phi) is 8.64. The number of guanidine groups is 1. The second-order valence-electron chi connectivity index (χ2n) is 6.47. The Bertz CT molecular complexity index is 547. The fourth-order valence-corrected chi connectivity index (χ4v) is 2.52. The highest BCUT2D eigenvalue weighted by Gasteiger charge is 2.17. The monoisotopic (exact) mass is 367 g/mol. The average Bonchev–Trinajstić information content (AvgIpc) is 3.14. The zero-order chi connectivity index (χ0) is 18.8. The number of aliphatic imine (C=N–C) groups is 1. The summed E-state index contributed by atoms with van der Waals surface area (Å²) in [5, 5.41) is 6.56. The first-order valence-electron chi connectivity index (χ1n) is 9.23.